The summed E-state index contributed by atoms with van der Waals surface area (Å²) in [4.78, 5) is 19.9. The van der Waals surface area contributed by atoms with Crippen molar-refractivity contribution in [2.24, 2.45) is 7.05 Å². The van der Waals surface area contributed by atoms with Crippen molar-refractivity contribution >= 4 is 10.9 Å². The fourth-order valence-electron chi connectivity index (χ4n) is 3.23. The molecule has 132 valence electrons. The maximum absolute atomic E-state index is 14.2. The summed E-state index contributed by atoms with van der Waals surface area (Å²) >= 11 is 0. The molecule has 0 atom stereocenters. The lowest BCUT2D eigenvalue weighted by Crippen LogP contribution is -2.14. The van der Waals surface area contributed by atoms with E-state index in [-0.39, 0.29) is 11.1 Å². The van der Waals surface area contributed by atoms with Gasteiger partial charge in [-0.05, 0) is 42.1 Å². The molecule has 0 aliphatic heterocycles. The molecule has 0 radical (unpaired) electrons. The molecule has 0 aliphatic carbocycles. The predicted octanol–water partition coefficient (Wildman–Crippen LogP) is 3.91. The van der Waals surface area contributed by atoms with Crippen molar-refractivity contribution in [3.05, 3.63) is 76.2 Å². The molecule has 2 aromatic carbocycles. The van der Waals surface area contributed by atoms with Gasteiger partial charge in [-0.2, -0.15) is 5.26 Å². The Balaban J connectivity index is 2.00. The molecule has 0 bridgehead atoms. The summed E-state index contributed by atoms with van der Waals surface area (Å²) in [7, 11) is 1.93. The van der Waals surface area contributed by atoms with E-state index in [1.165, 1.54) is 12.1 Å². The van der Waals surface area contributed by atoms with Gasteiger partial charge in [-0.15, -0.1) is 0 Å². The quantitative estimate of drug-likeness (QED) is 0.590. The van der Waals surface area contributed by atoms with Gasteiger partial charge in [0, 0.05) is 24.3 Å². The Hall–Kier alpha value is -3.72. The number of rotatable bonds is 2. The smallest absolute Gasteiger partial charge is 0.259 e. The minimum Gasteiger partial charge on any atom is -0.351 e. The molecule has 4 aromatic rings. The van der Waals surface area contributed by atoms with E-state index in [1.807, 2.05) is 42.1 Å². The Morgan fingerprint density at radius 2 is 1.93 bits per heavy atom. The second kappa shape index (κ2) is 6.22. The van der Waals surface area contributed by atoms with Crippen LogP contribution in [-0.4, -0.2) is 14.5 Å². The van der Waals surface area contributed by atoms with Crippen LogP contribution >= 0.6 is 0 Å². The second-order valence-corrected chi connectivity index (χ2v) is 6.38. The van der Waals surface area contributed by atoms with E-state index in [1.54, 1.807) is 19.1 Å². The Kier molecular flexibility index (Phi) is 3.85. The number of nitrogens with one attached hydrogen (secondary N) is 1. The molecule has 0 aliphatic rings. The third-order valence-corrected chi connectivity index (χ3v) is 4.58. The average molecular weight is 358 g/mol. The van der Waals surface area contributed by atoms with Gasteiger partial charge in [-0.1, -0.05) is 18.2 Å². The molecule has 27 heavy (non-hydrogen) atoms. The van der Waals surface area contributed by atoms with Gasteiger partial charge in [0.2, 0.25) is 0 Å². The van der Waals surface area contributed by atoms with E-state index in [4.69, 9.17) is 5.26 Å². The standard InChI is InChI=1S/C21H15FN4O/c1-12-24-20(15-5-6-16(11-23)17(22)9-15)19(21(27)25-12)14-4-3-13-7-8-26(2)18(13)10-14/h3-10H,1-2H3,(H,24,25,27). The third-order valence-electron chi connectivity index (χ3n) is 4.58. The Bertz CT molecular complexity index is 1290. The lowest BCUT2D eigenvalue weighted by atomic mass is 9.98. The van der Waals surface area contributed by atoms with Gasteiger partial charge in [-0.3, -0.25) is 4.79 Å². The first-order valence-electron chi connectivity index (χ1n) is 8.34. The first-order valence-corrected chi connectivity index (χ1v) is 8.34. The number of aromatic amines is 1. The number of hydrogen-bond donors (Lipinski definition) is 1. The zero-order chi connectivity index (χ0) is 19.1. The Labute approximate surface area is 154 Å². The molecule has 0 unspecified atom stereocenters. The van der Waals surface area contributed by atoms with Crippen LogP contribution in [0.4, 0.5) is 4.39 Å². The maximum atomic E-state index is 14.2. The summed E-state index contributed by atoms with van der Waals surface area (Å²) in [5, 5.41) is 10.0. The molecule has 0 spiro atoms. The molecule has 0 saturated carbocycles. The number of aromatic nitrogens is 3. The highest BCUT2D eigenvalue weighted by Gasteiger charge is 2.17. The number of nitrogens with zero attached hydrogens (tertiary/aromatic N) is 3. The molecular weight excluding hydrogens is 343 g/mol. The van der Waals surface area contributed by atoms with E-state index >= 15 is 0 Å². The van der Waals surface area contributed by atoms with Crippen LogP contribution in [-0.2, 0) is 7.05 Å². The van der Waals surface area contributed by atoms with Crippen LogP contribution in [0.15, 0.2) is 53.5 Å². The van der Waals surface area contributed by atoms with Crippen LogP contribution in [0.5, 0.6) is 0 Å². The zero-order valence-corrected chi connectivity index (χ0v) is 14.7. The first kappa shape index (κ1) is 16.7. The summed E-state index contributed by atoms with van der Waals surface area (Å²) in [5.74, 6) is -0.206. The summed E-state index contributed by atoms with van der Waals surface area (Å²) in [6.07, 6.45) is 1.95. The lowest BCUT2D eigenvalue weighted by Gasteiger charge is -2.11. The number of halogens is 1. The van der Waals surface area contributed by atoms with Gasteiger partial charge in [0.1, 0.15) is 17.7 Å². The van der Waals surface area contributed by atoms with Crippen LogP contribution in [0, 0.1) is 24.1 Å². The first-order chi connectivity index (χ1) is 13.0. The molecule has 0 saturated heterocycles. The fraction of sp³-hybridized carbons (Fsp3) is 0.0952. The topological polar surface area (TPSA) is 74.5 Å². The van der Waals surface area contributed by atoms with Crippen LogP contribution in [0.2, 0.25) is 0 Å². The van der Waals surface area contributed by atoms with E-state index in [2.05, 4.69) is 9.97 Å². The van der Waals surface area contributed by atoms with Crippen LogP contribution < -0.4 is 5.56 Å². The largest absolute Gasteiger partial charge is 0.351 e. The molecular formula is C21H15FN4O. The maximum Gasteiger partial charge on any atom is 0.259 e. The number of nitriles is 1. The van der Waals surface area contributed by atoms with Gasteiger partial charge in [-0.25, -0.2) is 9.37 Å². The van der Waals surface area contributed by atoms with Gasteiger partial charge in [0.25, 0.3) is 5.56 Å². The highest BCUT2D eigenvalue weighted by Crippen LogP contribution is 2.30. The number of fused-ring (bicyclic) bond motifs is 1. The monoisotopic (exact) mass is 358 g/mol. The summed E-state index contributed by atoms with van der Waals surface area (Å²) < 4.78 is 16.1. The van der Waals surface area contributed by atoms with Crippen LogP contribution in [0.1, 0.15) is 11.4 Å². The summed E-state index contributed by atoms with van der Waals surface area (Å²) in [5.41, 5.74) is 2.52. The molecule has 6 heteroatoms. The number of H-pyrrole nitrogens is 1. The van der Waals surface area contributed by atoms with E-state index in [0.717, 1.165) is 10.9 Å². The Morgan fingerprint density at radius 1 is 1.15 bits per heavy atom. The van der Waals surface area contributed by atoms with Crippen molar-refractivity contribution in [3.8, 4) is 28.5 Å². The molecule has 4 rings (SSSR count). The van der Waals surface area contributed by atoms with Crippen LogP contribution in [0.3, 0.4) is 0 Å². The van der Waals surface area contributed by atoms with Crippen molar-refractivity contribution in [2.75, 3.05) is 0 Å². The van der Waals surface area contributed by atoms with Gasteiger partial charge in [0.15, 0.2) is 0 Å². The van der Waals surface area contributed by atoms with E-state index < -0.39 is 5.82 Å². The van der Waals surface area contributed by atoms with E-state index in [9.17, 15) is 9.18 Å². The van der Waals surface area contributed by atoms with Crippen molar-refractivity contribution in [1.29, 1.82) is 5.26 Å². The van der Waals surface area contributed by atoms with Gasteiger partial charge in [0.05, 0.1) is 16.8 Å². The second-order valence-electron chi connectivity index (χ2n) is 6.38. The number of benzene rings is 2. The molecule has 5 nitrogen and oxygen atoms in total. The van der Waals surface area contributed by atoms with E-state index in [0.29, 0.717) is 28.2 Å². The van der Waals surface area contributed by atoms with Gasteiger partial charge >= 0.3 is 0 Å². The SMILES string of the molecule is Cc1nc(-c2ccc(C#N)c(F)c2)c(-c2ccc3ccn(C)c3c2)c(=O)[nH]1. The molecule has 1 N–H and O–H groups in total. The third kappa shape index (κ3) is 2.79. The molecule has 0 amide bonds. The summed E-state index contributed by atoms with van der Waals surface area (Å²) in [6.45, 7) is 1.68. The summed E-state index contributed by atoms with van der Waals surface area (Å²) in [6, 6.07) is 13.7. The van der Waals surface area contributed by atoms with Crippen molar-refractivity contribution in [1.82, 2.24) is 14.5 Å². The minimum absolute atomic E-state index is 0.0490. The normalized spacial score (nSPS) is 10.9. The lowest BCUT2D eigenvalue weighted by molar-refractivity contribution is 0.624. The minimum atomic E-state index is -0.640. The van der Waals surface area contributed by atoms with Crippen LogP contribution in [0.25, 0.3) is 33.3 Å². The number of aryl methyl sites for hydroxylation is 2. The highest BCUT2D eigenvalue weighted by atomic mass is 19.1. The molecule has 0 fully saturated rings. The average Bonchev–Trinajstić information content (AvgIpc) is 3.01. The predicted molar refractivity (Wildman–Crippen MR) is 102 cm³/mol. The number of hydrogen-bond acceptors (Lipinski definition) is 3. The fourth-order valence-corrected chi connectivity index (χ4v) is 3.23. The Morgan fingerprint density at radius 3 is 2.67 bits per heavy atom. The molecule has 2 heterocycles. The highest BCUT2D eigenvalue weighted by molar-refractivity contribution is 5.88. The van der Waals surface area contributed by atoms with Crippen molar-refractivity contribution in [2.45, 2.75) is 6.92 Å². The zero-order valence-electron chi connectivity index (χ0n) is 14.7. The van der Waals surface area contributed by atoms with Gasteiger partial charge < -0.3 is 9.55 Å². The van der Waals surface area contributed by atoms with Crippen molar-refractivity contribution < 1.29 is 4.39 Å². The van der Waals surface area contributed by atoms with Crippen molar-refractivity contribution in [3.63, 3.8) is 0 Å². The molecule has 2 aromatic heterocycles.